The second-order valence-corrected chi connectivity index (χ2v) is 10.7. The molecule has 0 aliphatic heterocycles. The van der Waals surface area contributed by atoms with Gasteiger partial charge in [0.15, 0.2) is 0 Å². The molecule has 0 aromatic heterocycles. The molecular weight excluding hydrogens is 254 g/mol. The maximum Gasteiger partial charge on any atom is 0.137 e. The van der Waals surface area contributed by atoms with Crippen molar-refractivity contribution in [1.29, 1.82) is 0 Å². The van der Waals surface area contributed by atoms with Gasteiger partial charge in [0.1, 0.15) is 14.1 Å². The van der Waals surface area contributed by atoms with E-state index in [9.17, 15) is 0 Å². The molecule has 0 aromatic rings. The highest BCUT2D eigenvalue weighted by molar-refractivity contribution is 6.87. The summed E-state index contributed by atoms with van der Waals surface area (Å²) in [4.78, 5) is 2.87. The standard InChI is InChI=1S/C14H27N3OSi/c1-7-19(8-2,9-3)11-10-13(16-17-15)12-18-14(4,5)6/h13H,7-9,12H2,1-6H3/t13-/m0/s1. The van der Waals surface area contributed by atoms with Gasteiger partial charge >= 0.3 is 0 Å². The predicted octanol–water partition coefficient (Wildman–Crippen LogP) is 4.53. The molecule has 0 aromatic carbocycles. The van der Waals surface area contributed by atoms with Crippen molar-refractivity contribution >= 4 is 8.07 Å². The van der Waals surface area contributed by atoms with Gasteiger partial charge in [-0.15, -0.1) is 5.54 Å². The Hall–Kier alpha value is -0.953. The third-order valence-corrected chi connectivity index (χ3v) is 8.13. The third kappa shape index (κ3) is 7.27. The van der Waals surface area contributed by atoms with Gasteiger partial charge in [-0.25, -0.2) is 0 Å². The molecule has 0 fully saturated rings. The molecule has 0 spiro atoms. The number of hydrogen-bond acceptors (Lipinski definition) is 2. The summed E-state index contributed by atoms with van der Waals surface area (Å²) in [6.45, 7) is 12.9. The van der Waals surface area contributed by atoms with Gasteiger partial charge in [0.25, 0.3) is 0 Å². The Morgan fingerprint density at radius 3 is 2.11 bits per heavy atom. The lowest BCUT2D eigenvalue weighted by molar-refractivity contribution is -0.00420. The Balaban J connectivity index is 4.89. The number of azide groups is 1. The summed E-state index contributed by atoms with van der Waals surface area (Å²) in [5, 5.41) is 3.74. The van der Waals surface area contributed by atoms with Crippen molar-refractivity contribution in [3.05, 3.63) is 10.4 Å². The molecule has 0 bridgehead atoms. The molecule has 0 aliphatic carbocycles. The molecule has 1 atom stereocenters. The van der Waals surface area contributed by atoms with Crippen molar-refractivity contribution in [3.8, 4) is 11.5 Å². The van der Waals surface area contributed by atoms with E-state index in [2.05, 4.69) is 42.3 Å². The molecule has 0 unspecified atom stereocenters. The highest BCUT2D eigenvalue weighted by Gasteiger charge is 2.24. The van der Waals surface area contributed by atoms with Crippen molar-refractivity contribution in [2.45, 2.75) is 71.3 Å². The molecule has 0 saturated carbocycles. The minimum Gasteiger partial charge on any atom is -0.374 e. The SMILES string of the molecule is CC[Si](C#C[C@@H](COC(C)(C)C)N=[N+]=[N-])(CC)CC. The van der Waals surface area contributed by atoms with E-state index in [1.54, 1.807) is 0 Å². The second-order valence-electron chi connectivity index (χ2n) is 5.75. The first kappa shape index (κ1) is 18.0. The highest BCUT2D eigenvalue weighted by atomic mass is 28.3. The van der Waals surface area contributed by atoms with E-state index < -0.39 is 8.07 Å². The fourth-order valence-electron chi connectivity index (χ4n) is 1.75. The predicted molar refractivity (Wildman–Crippen MR) is 83.6 cm³/mol. The molecule has 0 aliphatic rings. The number of hydrogen-bond donors (Lipinski definition) is 0. The fraction of sp³-hybridized carbons (Fsp3) is 0.857. The molecule has 5 heteroatoms. The zero-order valence-corrected chi connectivity index (χ0v) is 14.2. The molecule has 108 valence electrons. The summed E-state index contributed by atoms with van der Waals surface area (Å²) < 4.78 is 5.66. The Morgan fingerprint density at radius 2 is 1.74 bits per heavy atom. The van der Waals surface area contributed by atoms with Crippen LogP contribution in [0.1, 0.15) is 41.5 Å². The van der Waals surface area contributed by atoms with Crippen LogP contribution in [-0.4, -0.2) is 26.3 Å². The molecule has 19 heavy (non-hydrogen) atoms. The van der Waals surface area contributed by atoms with Crippen molar-refractivity contribution in [2.24, 2.45) is 5.11 Å². The number of ether oxygens (including phenoxy) is 1. The van der Waals surface area contributed by atoms with Crippen LogP contribution in [0.2, 0.25) is 18.1 Å². The van der Waals surface area contributed by atoms with Crippen molar-refractivity contribution < 1.29 is 4.74 Å². The van der Waals surface area contributed by atoms with Crippen LogP contribution in [0.15, 0.2) is 5.11 Å². The van der Waals surface area contributed by atoms with Crippen molar-refractivity contribution in [3.63, 3.8) is 0 Å². The lowest BCUT2D eigenvalue weighted by atomic mass is 10.2. The van der Waals surface area contributed by atoms with Crippen LogP contribution < -0.4 is 0 Å². The fourth-order valence-corrected chi connectivity index (χ4v) is 4.25. The van der Waals surface area contributed by atoms with Gasteiger partial charge in [0.05, 0.1) is 12.2 Å². The average molecular weight is 281 g/mol. The van der Waals surface area contributed by atoms with Crippen LogP contribution in [0.25, 0.3) is 10.4 Å². The van der Waals surface area contributed by atoms with E-state index in [-0.39, 0.29) is 11.6 Å². The van der Waals surface area contributed by atoms with E-state index >= 15 is 0 Å². The zero-order chi connectivity index (χ0) is 14.9. The first-order chi connectivity index (χ1) is 8.82. The lowest BCUT2D eigenvalue weighted by Gasteiger charge is -2.22. The monoisotopic (exact) mass is 281 g/mol. The first-order valence-electron chi connectivity index (χ1n) is 7.03. The normalized spacial score (nSPS) is 13.2. The molecule has 0 amide bonds. The Bertz CT molecular complexity index is 360. The van der Waals surface area contributed by atoms with Crippen LogP contribution >= 0.6 is 0 Å². The summed E-state index contributed by atoms with van der Waals surface area (Å²) in [5.74, 6) is 3.15. The summed E-state index contributed by atoms with van der Waals surface area (Å²) >= 11 is 0. The van der Waals surface area contributed by atoms with Gasteiger partial charge < -0.3 is 4.74 Å². The molecule has 0 radical (unpaired) electrons. The minimum absolute atomic E-state index is 0.236. The Morgan fingerprint density at radius 1 is 1.21 bits per heavy atom. The average Bonchev–Trinajstić information content (AvgIpc) is 2.37. The zero-order valence-electron chi connectivity index (χ0n) is 13.2. The molecule has 0 saturated heterocycles. The Kier molecular flexibility index (Phi) is 7.85. The van der Waals surface area contributed by atoms with E-state index in [0.717, 1.165) is 18.1 Å². The number of rotatable bonds is 6. The van der Waals surface area contributed by atoms with Crippen LogP contribution in [0.5, 0.6) is 0 Å². The second kappa shape index (κ2) is 8.26. The van der Waals surface area contributed by atoms with Gasteiger partial charge in [0, 0.05) is 4.91 Å². The molecule has 0 rings (SSSR count). The van der Waals surface area contributed by atoms with Crippen LogP contribution in [0.3, 0.4) is 0 Å². The van der Waals surface area contributed by atoms with Crippen molar-refractivity contribution in [2.75, 3.05) is 6.61 Å². The van der Waals surface area contributed by atoms with Gasteiger partial charge in [-0.2, -0.15) is 0 Å². The molecular formula is C14H27N3OSi. The van der Waals surface area contributed by atoms with E-state index in [0.29, 0.717) is 6.61 Å². The maximum atomic E-state index is 8.61. The quantitative estimate of drug-likeness (QED) is 0.232. The van der Waals surface area contributed by atoms with Crippen LogP contribution in [0, 0.1) is 11.5 Å². The lowest BCUT2D eigenvalue weighted by Crippen LogP contribution is -2.30. The highest BCUT2D eigenvalue weighted by Crippen LogP contribution is 2.19. The van der Waals surface area contributed by atoms with E-state index in [1.165, 1.54) is 0 Å². The smallest absolute Gasteiger partial charge is 0.137 e. The van der Waals surface area contributed by atoms with E-state index in [1.807, 2.05) is 20.8 Å². The Labute approximate surface area is 118 Å². The molecule has 0 N–H and O–H groups in total. The summed E-state index contributed by atoms with van der Waals surface area (Å²) in [5.41, 5.74) is 11.8. The van der Waals surface area contributed by atoms with Crippen LogP contribution in [-0.2, 0) is 4.74 Å². The van der Waals surface area contributed by atoms with Gasteiger partial charge in [0.2, 0.25) is 0 Å². The molecule has 0 heterocycles. The summed E-state index contributed by atoms with van der Waals surface area (Å²) in [6, 6.07) is 3.07. The maximum absolute atomic E-state index is 8.61. The summed E-state index contributed by atoms with van der Waals surface area (Å²) in [7, 11) is -1.48. The van der Waals surface area contributed by atoms with E-state index in [4.69, 9.17) is 10.3 Å². The minimum atomic E-state index is -1.48. The van der Waals surface area contributed by atoms with Crippen molar-refractivity contribution in [1.82, 2.24) is 0 Å². The van der Waals surface area contributed by atoms with Gasteiger partial charge in [-0.05, 0) is 44.4 Å². The largest absolute Gasteiger partial charge is 0.374 e. The topological polar surface area (TPSA) is 58.0 Å². The first-order valence-corrected chi connectivity index (χ1v) is 9.65. The number of nitrogens with zero attached hydrogens (tertiary/aromatic N) is 3. The molecule has 4 nitrogen and oxygen atoms in total. The van der Waals surface area contributed by atoms with Gasteiger partial charge in [-0.3, -0.25) is 0 Å². The van der Waals surface area contributed by atoms with Gasteiger partial charge in [-0.1, -0.05) is 31.8 Å². The third-order valence-electron chi connectivity index (χ3n) is 3.40. The van der Waals surface area contributed by atoms with Crippen LogP contribution in [0.4, 0.5) is 0 Å². The summed E-state index contributed by atoms with van der Waals surface area (Å²) in [6.07, 6.45) is 0.